The van der Waals surface area contributed by atoms with Crippen molar-refractivity contribution in [2.75, 3.05) is 0 Å². The third-order valence-corrected chi connectivity index (χ3v) is 3.15. The normalized spacial score (nSPS) is 10.3. The van der Waals surface area contributed by atoms with Gasteiger partial charge in [-0.3, -0.25) is 9.59 Å². The number of carbonyl (C=O) groups excluding carboxylic acids is 2. The zero-order chi connectivity index (χ0) is 14.0. The van der Waals surface area contributed by atoms with Crippen LogP contribution in [0.5, 0.6) is 0 Å². The highest BCUT2D eigenvalue weighted by atomic mass is 35.5. The van der Waals surface area contributed by atoms with E-state index in [1.165, 1.54) is 0 Å². The van der Waals surface area contributed by atoms with Crippen molar-refractivity contribution in [3.8, 4) is 0 Å². The van der Waals surface area contributed by atoms with Crippen LogP contribution >= 0.6 is 11.6 Å². The van der Waals surface area contributed by atoms with Gasteiger partial charge in [-0.15, -0.1) is 0 Å². The zero-order valence-electron chi connectivity index (χ0n) is 10.7. The summed E-state index contributed by atoms with van der Waals surface area (Å²) < 4.78 is 0. The number of rotatable bonds is 3. The van der Waals surface area contributed by atoms with Gasteiger partial charge in [-0.2, -0.15) is 0 Å². The maximum Gasteiger partial charge on any atom is 0.253 e. The summed E-state index contributed by atoms with van der Waals surface area (Å²) in [5.41, 5.74) is 3.14. The van der Waals surface area contributed by atoms with E-state index >= 15 is 0 Å². The summed E-state index contributed by atoms with van der Waals surface area (Å²) in [6.07, 6.45) is 0. The van der Waals surface area contributed by atoms with Crippen molar-refractivity contribution in [3.05, 3.63) is 70.3 Å². The smallest absolute Gasteiger partial charge is 0.253 e. The first-order chi connectivity index (χ1) is 8.99. The van der Waals surface area contributed by atoms with E-state index in [1.807, 2.05) is 26.0 Å². The van der Waals surface area contributed by atoms with E-state index in [4.69, 9.17) is 11.6 Å². The Morgan fingerprint density at radius 2 is 1.42 bits per heavy atom. The molecule has 0 bridgehead atoms. The predicted molar refractivity (Wildman–Crippen MR) is 76.0 cm³/mol. The predicted octanol–water partition coefficient (Wildman–Crippen LogP) is 3.91. The highest BCUT2D eigenvalue weighted by Gasteiger charge is 2.17. The van der Waals surface area contributed by atoms with Crippen molar-refractivity contribution in [2.45, 2.75) is 13.8 Å². The summed E-state index contributed by atoms with van der Waals surface area (Å²) in [5.74, 6) is -0.187. The molecule has 0 spiro atoms. The van der Waals surface area contributed by atoms with E-state index in [2.05, 4.69) is 0 Å². The molecule has 2 nitrogen and oxygen atoms in total. The van der Waals surface area contributed by atoms with Crippen molar-refractivity contribution < 1.29 is 9.59 Å². The van der Waals surface area contributed by atoms with E-state index in [1.54, 1.807) is 30.3 Å². The van der Waals surface area contributed by atoms with Gasteiger partial charge in [-0.25, -0.2) is 0 Å². The lowest BCUT2D eigenvalue weighted by molar-refractivity contribution is 0.102. The molecule has 0 unspecified atom stereocenters. The van der Waals surface area contributed by atoms with Crippen LogP contribution in [-0.4, -0.2) is 11.0 Å². The van der Waals surface area contributed by atoms with E-state index in [9.17, 15) is 9.59 Å². The number of carbonyl (C=O) groups is 2. The number of hydrogen-bond acceptors (Lipinski definition) is 2. The van der Waals surface area contributed by atoms with Crippen molar-refractivity contribution in [3.63, 3.8) is 0 Å². The quantitative estimate of drug-likeness (QED) is 0.627. The van der Waals surface area contributed by atoms with Crippen LogP contribution in [0.2, 0.25) is 0 Å². The second kappa shape index (κ2) is 5.37. The van der Waals surface area contributed by atoms with Gasteiger partial charge in [0.2, 0.25) is 0 Å². The molecule has 0 atom stereocenters. The zero-order valence-corrected chi connectivity index (χ0v) is 11.5. The van der Waals surface area contributed by atoms with Crippen molar-refractivity contribution in [2.24, 2.45) is 0 Å². The highest BCUT2D eigenvalue weighted by Crippen LogP contribution is 2.18. The molecule has 2 aromatic rings. The van der Waals surface area contributed by atoms with Gasteiger partial charge in [0.15, 0.2) is 5.78 Å². The standard InChI is InChI=1S/C16H13ClO2/c1-10-3-6-12(7-4-10)15(18)14-9-11(2)5-8-13(14)16(17)19/h3-9H,1-2H3. The molecule has 0 N–H and O–H groups in total. The fourth-order valence-electron chi connectivity index (χ4n) is 1.88. The molecule has 0 saturated carbocycles. The lowest BCUT2D eigenvalue weighted by atomic mass is 9.96. The third kappa shape index (κ3) is 2.91. The molecule has 0 amide bonds. The summed E-state index contributed by atoms with van der Waals surface area (Å²) in [6, 6.07) is 12.3. The molecule has 0 aliphatic rings. The van der Waals surface area contributed by atoms with Crippen LogP contribution in [-0.2, 0) is 0 Å². The molecule has 2 aromatic carbocycles. The fraction of sp³-hybridized carbons (Fsp3) is 0.125. The molecule has 0 saturated heterocycles. The summed E-state index contributed by atoms with van der Waals surface area (Å²) in [6.45, 7) is 3.82. The van der Waals surface area contributed by atoms with Gasteiger partial charge < -0.3 is 0 Å². The summed E-state index contributed by atoms with van der Waals surface area (Å²) >= 11 is 5.53. The molecule has 0 heterocycles. The fourth-order valence-corrected chi connectivity index (χ4v) is 2.04. The minimum atomic E-state index is -0.615. The first-order valence-corrected chi connectivity index (χ1v) is 6.28. The second-order valence-corrected chi connectivity index (χ2v) is 4.86. The second-order valence-electron chi connectivity index (χ2n) is 4.52. The lowest BCUT2D eigenvalue weighted by Crippen LogP contribution is -2.07. The number of halogens is 1. The minimum absolute atomic E-state index is 0.187. The van der Waals surface area contributed by atoms with Crippen LogP contribution in [0.1, 0.15) is 37.4 Å². The van der Waals surface area contributed by atoms with Crippen molar-refractivity contribution in [1.82, 2.24) is 0 Å². The Kier molecular flexibility index (Phi) is 3.82. The molecule has 96 valence electrons. The molecule has 3 heteroatoms. The van der Waals surface area contributed by atoms with Gasteiger partial charge >= 0.3 is 0 Å². The van der Waals surface area contributed by atoms with E-state index in [-0.39, 0.29) is 11.3 Å². The van der Waals surface area contributed by atoms with Crippen LogP contribution in [0.15, 0.2) is 42.5 Å². The first kappa shape index (κ1) is 13.5. The highest BCUT2D eigenvalue weighted by molar-refractivity contribution is 6.68. The SMILES string of the molecule is Cc1ccc(C(=O)c2cc(C)ccc2C(=O)Cl)cc1. The van der Waals surface area contributed by atoms with Gasteiger partial charge in [0.25, 0.3) is 5.24 Å². The molecular weight excluding hydrogens is 260 g/mol. The van der Waals surface area contributed by atoms with Gasteiger partial charge in [0.05, 0.1) is 0 Å². The Morgan fingerprint density at radius 1 is 0.842 bits per heavy atom. The number of ketones is 1. The molecule has 2 rings (SSSR count). The van der Waals surface area contributed by atoms with Crippen molar-refractivity contribution in [1.29, 1.82) is 0 Å². The number of hydrogen-bond donors (Lipinski definition) is 0. The maximum absolute atomic E-state index is 12.4. The number of aryl methyl sites for hydroxylation is 2. The first-order valence-electron chi connectivity index (χ1n) is 5.91. The van der Waals surface area contributed by atoms with Crippen LogP contribution in [0, 0.1) is 13.8 Å². The van der Waals surface area contributed by atoms with Gasteiger partial charge in [-0.05, 0) is 37.6 Å². The van der Waals surface area contributed by atoms with Gasteiger partial charge in [-0.1, -0.05) is 41.5 Å². The van der Waals surface area contributed by atoms with Crippen LogP contribution in [0.25, 0.3) is 0 Å². The van der Waals surface area contributed by atoms with Gasteiger partial charge in [0.1, 0.15) is 0 Å². The maximum atomic E-state index is 12.4. The Hall–Kier alpha value is -1.93. The average Bonchev–Trinajstić information content (AvgIpc) is 2.38. The Morgan fingerprint density at radius 3 is 2.00 bits per heavy atom. The van der Waals surface area contributed by atoms with Crippen LogP contribution < -0.4 is 0 Å². The minimum Gasteiger partial charge on any atom is -0.289 e. The summed E-state index contributed by atoms with van der Waals surface area (Å²) in [7, 11) is 0. The largest absolute Gasteiger partial charge is 0.289 e. The molecule has 0 aliphatic carbocycles. The van der Waals surface area contributed by atoms with E-state index in [0.29, 0.717) is 11.1 Å². The van der Waals surface area contributed by atoms with Gasteiger partial charge in [0, 0.05) is 16.7 Å². The Labute approximate surface area is 117 Å². The van der Waals surface area contributed by atoms with E-state index < -0.39 is 5.24 Å². The van der Waals surface area contributed by atoms with Crippen LogP contribution in [0.4, 0.5) is 0 Å². The summed E-state index contributed by atoms with van der Waals surface area (Å²) in [4.78, 5) is 23.8. The van der Waals surface area contributed by atoms with Crippen LogP contribution in [0.3, 0.4) is 0 Å². The van der Waals surface area contributed by atoms with E-state index in [0.717, 1.165) is 11.1 Å². The molecule has 0 aliphatic heterocycles. The summed E-state index contributed by atoms with van der Waals surface area (Å²) in [5, 5.41) is -0.615. The molecule has 0 radical (unpaired) electrons. The Bertz CT molecular complexity index is 642. The number of benzene rings is 2. The molecule has 19 heavy (non-hydrogen) atoms. The Balaban J connectivity index is 2.51. The molecule has 0 fully saturated rings. The average molecular weight is 273 g/mol. The monoisotopic (exact) mass is 272 g/mol. The topological polar surface area (TPSA) is 34.1 Å². The third-order valence-electron chi connectivity index (χ3n) is 2.95. The van der Waals surface area contributed by atoms with Crippen molar-refractivity contribution >= 4 is 22.6 Å². The molecule has 0 aromatic heterocycles. The molecular formula is C16H13ClO2. The lowest BCUT2D eigenvalue weighted by Gasteiger charge is -2.07.